The molecule has 1 fully saturated rings. The van der Waals surface area contributed by atoms with Gasteiger partial charge in [0.25, 0.3) is 0 Å². The summed E-state index contributed by atoms with van der Waals surface area (Å²) in [6.45, 7) is 6.90. The second-order valence-electron chi connectivity index (χ2n) is 4.71. The summed E-state index contributed by atoms with van der Waals surface area (Å²) in [6.07, 6.45) is 4.97. The van der Waals surface area contributed by atoms with Gasteiger partial charge in [-0.3, -0.25) is 9.69 Å². The van der Waals surface area contributed by atoms with Gasteiger partial charge in [0, 0.05) is 12.6 Å². The highest BCUT2D eigenvalue weighted by Gasteiger charge is 2.31. The summed E-state index contributed by atoms with van der Waals surface area (Å²) in [5.41, 5.74) is 0. The number of carbonyl (C=O) groups is 1. The van der Waals surface area contributed by atoms with E-state index in [1.807, 2.05) is 6.92 Å². The molecule has 0 spiro atoms. The van der Waals surface area contributed by atoms with Gasteiger partial charge in [-0.1, -0.05) is 20.3 Å². The molecule has 1 atom stereocenters. The van der Waals surface area contributed by atoms with Crippen molar-refractivity contribution in [2.75, 3.05) is 26.7 Å². The molecule has 0 amide bonds. The Morgan fingerprint density at radius 1 is 1.47 bits per heavy atom. The summed E-state index contributed by atoms with van der Waals surface area (Å²) >= 11 is 0. The minimum absolute atomic E-state index is 0.144. The van der Waals surface area contributed by atoms with Gasteiger partial charge in [-0.15, -0.1) is 0 Å². The third-order valence-corrected chi connectivity index (χ3v) is 3.22. The van der Waals surface area contributed by atoms with Crippen LogP contribution in [0.15, 0.2) is 0 Å². The van der Waals surface area contributed by atoms with Crippen LogP contribution in [-0.2, 0) is 9.53 Å². The lowest BCUT2D eigenvalue weighted by atomic mass is 10.2. The van der Waals surface area contributed by atoms with Gasteiger partial charge in [0.2, 0.25) is 0 Å². The summed E-state index contributed by atoms with van der Waals surface area (Å²) in [5, 5.41) is 3.21. The van der Waals surface area contributed by atoms with Gasteiger partial charge in [0.15, 0.2) is 0 Å². The van der Waals surface area contributed by atoms with Crippen LogP contribution in [-0.4, -0.2) is 49.7 Å². The first-order chi connectivity index (χ1) is 8.22. The zero-order valence-corrected chi connectivity index (χ0v) is 11.4. The predicted molar refractivity (Wildman–Crippen MR) is 69.0 cm³/mol. The fourth-order valence-corrected chi connectivity index (χ4v) is 2.07. The summed E-state index contributed by atoms with van der Waals surface area (Å²) in [6, 6.07) is 0.523. The number of ether oxygens (including phenoxy) is 1. The van der Waals surface area contributed by atoms with Gasteiger partial charge in [0.05, 0.1) is 7.11 Å². The molecule has 0 aromatic heterocycles. The largest absolute Gasteiger partial charge is 0.468 e. The van der Waals surface area contributed by atoms with Crippen molar-refractivity contribution in [2.45, 2.75) is 51.6 Å². The highest BCUT2D eigenvalue weighted by Crippen LogP contribution is 2.27. The highest BCUT2D eigenvalue weighted by atomic mass is 16.5. The molecule has 100 valence electrons. The monoisotopic (exact) mass is 242 g/mol. The van der Waals surface area contributed by atoms with Gasteiger partial charge in [-0.25, -0.2) is 0 Å². The third kappa shape index (κ3) is 5.04. The van der Waals surface area contributed by atoms with E-state index in [0.29, 0.717) is 6.04 Å². The van der Waals surface area contributed by atoms with Crippen LogP contribution in [0.1, 0.15) is 39.5 Å². The minimum atomic E-state index is -0.178. The van der Waals surface area contributed by atoms with Crippen LogP contribution in [0.4, 0.5) is 0 Å². The zero-order chi connectivity index (χ0) is 12.7. The molecule has 1 rings (SSSR count). The number of nitrogens with one attached hydrogen (secondary N) is 1. The number of hydrogen-bond acceptors (Lipinski definition) is 4. The highest BCUT2D eigenvalue weighted by molar-refractivity contribution is 5.75. The summed E-state index contributed by atoms with van der Waals surface area (Å²) in [7, 11) is 1.46. The zero-order valence-electron chi connectivity index (χ0n) is 11.4. The van der Waals surface area contributed by atoms with E-state index >= 15 is 0 Å². The Morgan fingerprint density at radius 3 is 2.65 bits per heavy atom. The van der Waals surface area contributed by atoms with Gasteiger partial charge >= 0.3 is 5.97 Å². The van der Waals surface area contributed by atoms with E-state index in [-0.39, 0.29) is 12.0 Å². The quantitative estimate of drug-likeness (QED) is 0.621. The first-order valence-electron chi connectivity index (χ1n) is 6.78. The Labute approximate surface area is 105 Å². The molecule has 0 bridgehead atoms. The predicted octanol–water partition coefficient (Wildman–Crippen LogP) is 1.40. The second-order valence-corrected chi connectivity index (χ2v) is 4.71. The van der Waals surface area contributed by atoms with E-state index in [9.17, 15) is 4.79 Å². The molecule has 4 heteroatoms. The van der Waals surface area contributed by atoms with Crippen molar-refractivity contribution < 1.29 is 9.53 Å². The Kier molecular flexibility index (Phi) is 6.52. The van der Waals surface area contributed by atoms with Crippen molar-refractivity contribution in [3.63, 3.8) is 0 Å². The van der Waals surface area contributed by atoms with Crippen LogP contribution in [0.25, 0.3) is 0 Å². The van der Waals surface area contributed by atoms with Gasteiger partial charge < -0.3 is 10.1 Å². The normalized spacial score (nSPS) is 17.2. The Hall–Kier alpha value is -0.610. The molecule has 1 unspecified atom stereocenters. The molecular weight excluding hydrogens is 216 g/mol. The molecule has 0 aromatic carbocycles. The molecule has 0 saturated heterocycles. The number of carbonyl (C=O) groups excluding carboxylic acids is 1. The maximum absolute atomic E-state index is 11.6. The number of nitrogens with zero attached hydrogens (tertiary/aromatic N) is 1. The molecule has 17 heavy (non-hydrogen) atoms. The average Bonchev–Trinajstić information content (AvgIpc) is 3.16. The summed E-state index contributed by atoms with van der Waals surface area (Å²) in [4.78, 5) is 14.1. The second kappa shape index (κ2) is 7.67. The standard InChI is InChI=1S/C13H26N2O2/c1-4-6-9-15(11-7-8-11)10-12(14-5-2)13(16)17-3/h11-12,14H,4-10H2,1-3H3. The lowest BCUT2D eigenvalue weighted by Gasteiger charge is -2.26. The number of hydrogen-bond donors (Lipinski definition) is 1. The van der Waals surface area contributed by atoms with Crippen molar-refractivity contribution in [1.82, 2.24) is 10.2 Å². The van der Waals surface area contributed by atoms with E-state index in [4.69, 9.17) is 4.74 Å². The summed E-state index contributed by atoms with van der Waals surface area (Å²) < 4.78 is 4.84. The number of unbranched alkanes of at least 4 members (excludes halogenated alkanes) is 1. The van der Waals surface area contributed by atoms with Crippen molar-refractivity contribution in [3.8, 4) is 0 Å². The van der Waals surface area contributed by atoms with Crippen molar-refractivity contribution >= 4 is 5.97 Å². The number of esters is 1. The molecule has 0 aliphatic heterocycles. The molecule has 0 radical (unpaired) electrons. The van der Waals surface area contributed by atoms with Crippen LogP contribution in [0.5, 0.6) is 0 Å². The van der Waals surface area contributed by atoms with Gasteiger partial charge in [0.1, 0.15) is 6.04 Å². The molecule has 0 aromatic rings. The maximum atomic E-state index is 11.6. The molecule has 0 heterocycles. The minimum Gasteiger partial charge on any atom is -0.468 e. The molecule has 4 nitrogen and oxygen atoms in total. The van der Waals surface area contributed by atoms with E-state index in [1.165, 1.54) is 32.8 Å². The fourth-order valence-electron chi connectivity index (χ4n) is 2.07. The Balaban J connectivity index is 2.45. The van der Waals surface area contributed by atoms with E-state index in [0.717, 1.165) is 19.6 Å². The molecular formula is C13H26N2O2. The third-order valence-electron chi connectivity index (χ3n) is 3.22. The Morgan fingerprint density at radius 2 is 2.18 bits per heavy atom. The first kappa shape index (κ1) is 14.5. The molecule has 1 aliphatic rings. The first-order valence-corrected chi connectivity index (χ1v) is 6.78. The number of methoxy groups -OCH3 is 1. The van der Waals surface area contributed by atoms with Crippen LogP contribution >= 0.6 is 0 Å². The summed E-state index contributed by atoms with van der Waals surface area (Å²) in [5.74, 6) is -0.144. The van der Waals surface area contributed by atoms with E-state index in [1.54, 1.807) is 0 Å². The van der Waals surface area contributed by atoms with Crippen molar-refractivity contribution in [3.05, 3.63) is 0 Å². The Bertz CT molecular complexity index is 229. The molecule has 1 N–H and O–H groups in total. The molecule has 1 saturated carbocycles. The smallest absolute Gasteiger partial charge is 0.324 e. The van der Waals surface area contributed by atoms with Crippen LogP contribution < -0.4 is 5.32 Å². The van der Waals surface area contributed by atoms with Gasteiger partial charge in [-0.05, 0) is 32.4 Å². The van der Waals surface area contributed by atoms with Crippen LogP contribution in [0.3, 0.4) is 0 Å². The van der Waals surface area contributed by atoms with E-state index in [2.05, 4.69) is 17.1 Å². The van der Waals surface area contributed by atoms with Gasteiger partial charge in [-0.2, -0.15) is 0 Å². The maximum Gasteiger partial charge on any atom is 0.324 e. The number of likely N-dealkylation sites (N-methyl/N-ethyl adjacent to an activating group) is 1. The van der Waals surface area contributed by atoms with Crippen LogP contribution in [0, 0.1) is 0 Å². The molecule has 1 aliphatic carbocycles. The average molecular weight is 242 g/mol. The van der Waals surface area contributed by atoms with Crippen molar-refractivity contribution in [2.24, 2.45) is 0 Å². The van der Waals surface area contributed by atoms with Crippen LogP contribution in [0.2, 0.25) is 0 Å². The lowest BCUT2D eigenvalue weighted by molar-refractivity contribution is -0.143. The SMILES string of the molecule is CCCCN(CC(NCC)C(=O)OC)C1CC1. The van der Waals surface area contributed by atoms with Crippen molar-refractivity contribution in [1.29, 1.82) is 0 Å². The van der Waals surface area contributed by atoms with E-state index < -0.39 is 0 Å². The lowest BCUT2D eigenvalue weighted by Crippen LogP contribution is -2.47. The topological polar surface area (TPSA) is 41.6 Å². The number of rotatable bonds is 9. The fraction of sp³-hybridized carbons (Fsp3) is 0.923.